The number of benzene rings is 1. The fraction of sp³-hybridized carbons (Fsp3) is 0.625. The molecular formula is C16H27ClN2O2. The second-order valence-corrected chi connectivity index (χ2v) is 6.52. The van der Waals surface area contributed by atoms with E-state index in [4.69, 9.17) is 16.3 Å². The third-order valence-corrected chi connectivity index (χ3v) is 3.48. The Morgan fingerprint density at radius 3 is 2.52 bits per heavy atom. The predicted octanol–water partition coefficient (Wildman–Crippen LogP) is 3.12. The molecule has 0 bridgehead atoms. The molecule has 1 aromatic carbocycles. The Bertz CT molecular complexity index is 440. The van der Waals surface area contributed by atoms with Crippen LogP contribution in [0, 0.1) is 5.92 Å². The molecule has 21 heavy (non-hydrogen) atoms. The van der Waals surface area contributed by atoms with E-state index in [9.17, 15) is 5.11 Å². The Labute approximate surface area is 133 Å². The molecule has 0 radical (unpaired) electrons. The maximum Gasteiger partial charge on any atom is 0.162 e. The van der Waals surface area contributed by atoms with Crippen molar-refractivity contribution in [2.45, 2.75) is 32.9 Å². The summed E-state index contributed by atoms with van der Waals surface area (Å²) in [6, 6.07) is 3.75. The smallest absolute Gasteiger partial charge is 0.162 e. The van der Waals surface area contributed by atoms with Gasteiger partial charge in [0.15, 0.2) is 11.5 Å². The molecule has 0 saturated heterocycles. The monoisotopic (exact) mass is 314 g/mol. The van der Waals surface area contributed by atoms with Crippen LogP contribution >= 0.6 is 11.6 Å². The molecule has 1 unspecified atom stereocenters. The second kappa shape index (κ2) is 8.47. The highest BCUT2D eigenvalue weighted by molar-refractivity contribution is 6.30. The number of methoxy groups -OCH3 is 1. The van der Waals surface area contributed by atoms with Crippen molar-refractivity contribution in [1.29, 1.82) is 0 Å². The standard InChI is InChI=1S/C16H27ClN2O2/c1-11(2)6-14(10-19(3)4)18-9-12-7-13(17)8-15(21-5)16(12)20/h7-8,11,14,18,20H,6,9-10H2,1-5H3. The fourth-order valence-electron chi connectivity index (χ4n) is 2.41. The van der Waals surface area contributed by atoms with E-state index in [-0.39, 0.29) is 5.75 Å². The summed E-state index contributed by atoms with van der Waals surface area (Å²) in [5, 5.41) is 14.2. The summed E-state index contributed by atoms with van der Waals surface area (Å²) >= 11 is 6.06. The van der Waals surface area contributed by atoms with Crippen molar-refractivity contribution in [3.8, 4) is 11.5 Å². The predicted molar refractivity (Wildman–Crippen MR) is 88.3 cm³/mol. The zero-order chi connectivity index (χ0) is 16.0. The van der Waals surface area contributed by atoms with Gasteiger partial charge in [-0.1, -0.05) is 25.4 Å². The average molecular weight is 315 g/mol. The van der Waals surface area contributed by atoms with Gasteiger partial charge in [0.05, 0.1) is 7.11 Å². The van der Waals surface area contributed by atoms with Gasteiger partial charge in [-0.2, -0.15) is 0 Å². The number of hydrogen-bond donors (Lipinski definition) is 2. The van der Waals surface area contributed by atoms with Crippen LogP contribution < -0.4 is 10.1 Å². The maximum atomic E-state index is 10.2. The first-order valence-electron chi connectivity index (χ1n) is 7.27. The molecule has 2 N–H and O–H groups in total. The van der Waals surface area contributed by atoms with Crippen LogP contribution in [0.4, 0.5) is 0 Å². The van der Waals surface area contributed by atoms with Gasteiger partial charge in [0.25, 0.3) is 0 Å². The number of nitrogens with one attached hydrogen (secondary N) is 1. The van der Waals surface area contributed by atoms with E-state index in [1.165, 1.54) is 7.11 Å². The highest BCUT2D eigenvalue weighted by Gasteiger charge is 2.14. The molecule has 0 heterocycles. The number of hydrogen-bond acceptors (Lipinski definition) is 4. The van der Waals surface area contributed by atoms with Gasteiger partial charge in [-0.15, -0.1) is 0 Å². The molecule has 1 aromatic rings. The molecule has 0 amide bonds. The van der Waals surface area contributed by atoms with Crippen molar-refractivity contribution in [3.63, 3.8) is 0 Å². The summed E-state index contributed by atoms with van der Waals surface area (Å²) in [4.78, 5) is 2.17. The molecule has 0 fully saturated rings. The van der Waals surface area contributed by atoms with Gasteiger partial charge >= 0.3 is 0 Å². The minimum atomic E-state index is 0.155. The fourth-order valence-corrected chi connectivity index (χ4v) is 2.64. The van der Waals surface area contributed by atoms with Gasteiger partial charge in [0.1, 0.15) is 0 Å². The lowest BCUT2D eigenvalue weighted by atomic mass is 10.0. The lowest BCUT2D eigenvalue weighted by Crippen LogP contribution is -2.38. The molecule has 0 aliphatic rings. The van der Waals surface area contributed by atoms with Crippen LogP contribution in [-0.2, 0) is 6.54 Å². The summed E-state index contributed by atoms with van der Waals surface area (Å²) in [5.74, 6) is 1.18. The Morgan fingerprint density at radius 1 is 1.33 bits per heavy atom. The number of aromatic hydroxyl groups is 1. The van der Waals surface area contributed by atoms with Gasteiger partial charge in [-0.25, -0.2) is 0 Å². The first-order chi connectivity index (χ1) is 9.83. The summed E-state index contributed by atoms with van der Waals surface area (Å²) in [6.07, 6.45) is 1.08. The molecular weight excluding hydrogens is 288 g/mol. The van der Waals surface area contributed by atoms with E-state index in [0.29, 0.717) is 29.3 Å². The molecule has 0 aliphatic carbocycles. The molecule has 5 heteroatoms. The molecule has 0 saturated carbocycles. The number of ether oxygens (including phenoxy) is 1. The van der Waals surface area contributed by atoms with Crippen LogP contribution in [0.2, 0.25) is 5.02 Å². The number of rotatable bonds is 8. The number of phenolic OH excluding ortho intramolecular Hbond substituents is 1. The number of nitrogens with zero attached hydrogens (tertiary/aromatic N) is 1. The van der Waals surface area contributed by atoms with Crippen molar-refractivity contribution < 1.29 is 9.84 Å². The van der Waals surface area contributed by atoms with E-state index in [1.807, 2.05) is 0 Å². The average Bonchev–Trinajstić information content (AvgIpc) is 2.37. The number of phenols is 1. The molecule has 120 valence electrons. The van der Waals surface area contributed by atoms with Crippen molar-refractivity contribution >= 4 is 11.6 Å². The molecule has 1 rings (SSSR count). The molecule has 4 nitrogen and oxygen atoms in total. The number of halogens is 1. The normalized spacial score (nSPS) is 13.0. The Balaban J connectivity index is 2.77. The van der Waals surface area contributed by atoms with Crippen LogP contribution in [0.25, 0.3) is 0 Å². The largest absolute Gasteiger partial charge is 0.504 e. The summed E-state index contributed by atoms with van der Waals surface area (Å²) in [6.45, 7) is 5.94. The van der Waals surface area contributed by atoms with Crippen LogP contribution in [0.5, 0.6) is 11.5 Å². The third kappa shape index (κ3) is 6.12. The highest BCUT2D eigenvalue weighted by atomic mass is 35.5. The van der Waals surface area contributed by atoms with E-state index in [1.54, 1.807) is 12.1 Å². The molecule has 1 atom stereocenters. The SMILES string of the molecule is COc1cc(Cl)cc(CNC(CC(C)C)CN(C)C)c1O. The van der Waals surface area contributed by atoms with E-state index in [2.05, 4.69) is 38.2 Å². The van der Waals surface area contributed by atoms with Crippen LogP contribution in [0.3, 0.4) is 0 Å². The van der Waals surface area contributed by atoms with Crippen molar-refractivity contribution in [1.82, 2.24) is 10.2 Å². The lowest BCUT2D eigenvalue weighted by Gasteiger charge is -2.24. The maximum absolute atomic E-state index is 10.2. The van der Waals surface area contributed by atoms with E-state index < -0.39 is 0 Å². The Kier molecular flexibility index (Phi) is 7.29. The topological polar surface area (TPSA) is 44.7 Å². The van der Waals surface area contributed by atoms with Gasteiger partial charge in [0, 0.05) is 35.8 Å². The highest BCUT2D eigenvalue weighted by Crippen LogP contribution is 2.33. The zero-order valence-corrected chi connectivity index (χ0v) is 14.4. The minimum absolute atomic E-state index is 0.155. The quantitative estimate of drug-likeness (QED) is 0.774. The summed E-state index contributed by atoms with van der Waals surface area (Å²) < 4.78 is 5.13. The van der Waals surface area contributed by atoms with E-state index in [0.717, 1.165) is 18.5 Å². The summed E-state index contributed by atoms with van der Waals surface area (Å²) in [5.41, 5.74) is 0.756. The van der Waals surface area contributed by atoms with Gasteiger partial charge < -0.3 is 20.1 Å². The van der Waals surface area contributed by atoms with Gasteiger partial charge in [-0.05, 0) is 32.5 Å². The molecule has 0 spiro atoms. The van der Waals surface area contributed by atoms with E-state index >= 15 is 0 Å². The molecule has 0 aromatic heterocycles. The van der Waals surface area contributed by atoms with Crippen molar-refractivity contribution in [3.05, 3.63) is 22.7 Å². The van der Waals surface area contributed by atoms with Gasteiger partial charge in [0.2, 0.25) is 0 Å². The Hall–Kier alpha value is -0.970. The van der Waals surface area contributed by atoms with Gasteiger partial charge in [-0.3, -0.25) is 0 Å². The first-order valence-corrected chi connectivity index (χ1v) is 7.64. The van der Waals surface area contributed by atoms with Crippen LogP contribution in [0.15, 0.2) is 12.1 Å². The van der Waals surface area contributed by atoms with Crippen LogP contribution in [0.1, 0.15) is 25.8 Å². The third-order valence-electron chi connectivity index (χ3n) is 3.26. The second-order valence-electron chi connectivity index (χ2n) is 6.09. The molecule has 0 aliphatic heterocycles. The first kappa shape index (κ1) is 18.1. The zero-order valence-electron chi connectivity index (χ0n) is 13.6. The lowest BCUT2D eigenvalue weighted by molar-refractivity contribution is 0.303. The Morgan fingerprint density at radius 2 is 2.00 bits per heavy atom. The number of likely N-dealkylation sites (N-methyl/N-ethyl adjacent to an activating group) is 1. The van der Waals surface area contributed by atoms with Crippen LogP contribution in [-0.4, -0.2) is 43.8 Å². The van der Waals surface area contributed by atoms with Crippen molar-refractivity contribution in [2.24, 2.45) is 5.92 Å². The summed E-state index contributed by atoms with van der Waals surface area (Å²) in [7, 11) is 5.65. The van der Waals surface area contributed by atoms with Crippen molar-refractivity contribution in [2.75, 3.05) is 27.7 Å². The minimum Gasteiger partial charge on any atom is -0.504 e.